The number of halogens is 1. The first-order valence-corrected chi connectivity index (χ1v) is 6.31. The van der Waals surface area contributed by atoms with Crippen LogP contribution in [0.3, 0.4) is 0 Å². The van der Waals surface area contributed by atoms with Gasteiger partial charge in [-0.3, -0.25) is 19.7 Å². The van der Waals surface area contributed by atoms with E-state index >= 15 is 0 Å². The summed E-state index contributed by atoms with van der Waals surface area (Å²) in [6.07, 6.45) is 0. The molecule has 1 rings (SSSR count). The SMILES string of the molecule is COC(=O)C(C(=O)OC)[C@@H](C[N+](=O)[O-])c1ccc(Cl)cc1. The van der Waals surface area contributed by atoms with Crippen molar-refractivity contribution < 1.29 is 24.0 Å². The highest BCUT2D eigenvalue weighted by Gasteiger charge is 2.40. The van der Waals surface area contributed by atoms with Gasteiger partial charge in [-0.05, 0) is 17.7 Å². The van der Waals surface area contributed by atoms with Gasteiger partial charge >= 0.3 is 11.9 Å². The Kier molecular flexibility index (Phi) is 6.10. The molecule has 0 fully saturated rings. The second-order valence-electron chi connectivity index (χ2n) is 4.20. The molecular formula is C13H14ClNO6. The molecule has 114 valence electrons. The summed E-state index contributed by atoms with van der Waals surface area (Å²) in [5.74, 6) is -4.18. The summed E-state index contributed by atoms with van der Waals surface area (Å²) in [5.41, 5.74) is 0.428. The van der Waals surface area contributed by atoms with Crippen molar-refractivity contribution in [3.63, 3.8) is 0 Å². The second kappa shape index (κ2) is 7.58. The highest BCUT2D eigenvalue weighted by atomic mass is 35.5. The van der Waals surface area contributed by atoms with E-state index < -0.39 is 35.2 Å². The predicted octanol–water partition coefficient (Wildman–Crippen LogP) is 1.66. The van der Waals surface area contributed by atoms with Crippen molar-refractivity contribution in [2.24, 2.45) is 5.92 Å². The molecule has 1 aromatic carbocycles. The summed E-state index contributed by atoms with van der Waals surface area (Å²) < 4.78 is 9.11. The molecule has 0 bridgehead atoms. The highest BCUT2D eigenvalue weighted by Crippen LogP contribution is 2.28. The van der Waals surface area contributed by atoms with Crippen LogP contribution >= 0.6 is 11.6 Å². The van der Waals surface area contributed by atoms with Crippen LogP contribution in [0.25, 0.3) is 0 Å². The molecular weight excluding hydrogens is 302 g/mol. The molecule has 0 heterocycles. The first-order chi connectivity index (χ1) is 9.90. The zero-order valence-corrected chi connectivity index (χ0v) is 12.2. The normalized spacial score (nSPS) is 11.8. The number of nitro groups is 1. The lowest BCUT2D eigenvalue weighted by molar-refractivity contribution is -0.484. The molecule has 0 aliphatic heterocycles. The van der Waals surface area contributed by atoms with Crippen LogP contribution in [0.4, 0.5) is 0 Å². The Balaban J connectivity index is 3.25. The average Bonchev–Trinajstić information content (AvgIpc) is 2.46. The van der Waals surface area contributed by atoms with Gasteiger partial charge in [-0.1, -0.05) is 23.7 Å². The van der Waals surface area contributed by atoms with Gasteiger partial charge in [-0.2, -0.15) is 0 Å². The Hall–Kier alpha value is -2.15. The number of benzene rings is 1. The maximum absolute atomic E-state index is 11.8. The molecule has 0 spiro atoms. The zero-order chi connectivity index (χ0) is 16.0. The van der Waals surface area contributed by atoms with E-state index in [2.05, 4.69) is 9.47 Å². The minimum absolute atomic E-state index is 0.428. The van der Waals surface area contributed by atoms with Gasteiger partial charge in [0.25, 0.3) is 0 Å². The molecule has 0 saturated carbocycles. The van der Waals surface area contributed by atoms with Crippen LogP contribution in [0.15, 0.2) is 24.3 Å². The third-order valence-corrected chi connectivity index (χ3v) is 3.21. The maximum atomic E-state index is 11.8. The van der Waals surface area contributed by atoms with Gasteiger partial charge in [-0.15, -0.1) is 0 Å². The van der Waals surface area contributed by atoms with Gasteiger partial charge in [-0.25, -0.2) is 0 Å². The molecule has 0 N–H and O–H groups in total. The molecule has 21 heavy (non-hydrogen) atoms. The van der Waals surface area contributed by atoms with Crippen LogP contribution < -0.4 is 0 Å². The average molecular weight is 316 g/mol. The number of rotatable bonds is 6. The standard InChI is InChI=1S/C13H14ClNO6/c1-20-12(16)11(13(17)21-2)10(7-15(18)19)8-3-5-9(14)6-4-8/h3-6,10-11H,7H2,1-2H3/t10-/m0/s1. The van der Waals surface area contributed by atoms with Crippen LogP contribution in [-0.4, -0.2) is 37.6 Å². The summed E-state index contributed by atoms with van der Waals surface area (Å²) in [6.45, 7) is -0.615. The molecule has 1 atom stereocenters. The van der Waals surface area contributed by atoms with E-state index in [0.717, 1.165) is 14.2 Å². The van der Waals surface area contributed by atoms with Gasteiger partial charge in [0, 0.05) is 9.95 Å². The summed E-state index contributed by atoms with van der Waals surface area (Å²) in [6, 6.07) is 6.09. The number of esters is 2. The third-order valence-electron chi connectivity index (χ3n) is 2.96. The zero-order valence-electron chi connectivity index (χ0n) is 11.4. The van der Waals surface area contributed by atoms with E-state index in [1.807, 2.05) is 0 Å². The molecule has 8 heteroatoms. The monoisotopic (exact) mass is 315 g/mol. The fourth-order valence-electron chi connectivity index (χ4n) is 1.95. The Morgan fingerprint density at radius 3 is 2.05 bits per heavy atom. The Morgan fingerprint density at radius 2 is 1.67 bits per heavy atom. The van der Waals surface area contributed by atoms with Crippen molar-refractivity contribution in [2.45, 2.75) is 5.92 Å². The molecule has 7 nitrogen and oxygen atoms in total. The van der Waals surface area contributed by atoms with Crippen LogP contribution in [0.1, 0.15) is 11.5 Å². The number of carbonyl (C=O) groups is 2. The number of carbonyl (C=O) groups excluding carboxylic acids is 2. The molecule has 0 aliphatic carbocycles. The van der Waals surface area contributed by atoms with Crippen molar-refractivity contribution in [1.82, 2.24) is 0 Å². The van der Waals surface area contributed by atoms with Crippen molar-refractivity contribution in [2.75, 3.05) is 20.8 Å². The lowest BCUT2D eigenvalue weighted by Crippen LogP contribution is -2.35. The lowest BCUT2D eigenvalue weighted by atomic mass is 9.86. The summed E-state index contributed by atoms with van der Waals surface area (Å²) in [4.78, 5) is 33.9. The van der Waals surface area contributed by atoms with Crippen LogP contribution in [-0.2, 0) is 19.1 Å². The third kappa shape index (κ3) is 4.42. The van der Waals surface area contributed by atoms with E-state index in [1.54, 1.807) is 0 Å². The molecule has 1 aromatic rings. The number of hydrogen-bond donors (Lipinski definition) is 0. The Morgan fingerprint density at radius 1 is 1.19 bits per heavy atom. The van der Waals surface area contributed by atoms with Crippen molar-refractivity contribution in [3.8, 4) is 0 Å². The largest absolute Gasteiger partial charge is 0.468 e. The number of methoxy groups -OCH3 is 2. The van der Waals surface area contributed by atoms with Gasteiger partial charge in [0.05, 0.1) is 20.1 Å². The summed E-state index contributed by atoms with van der Waals surface area (Å²) in [5, 5.41) is 11.3. The topological polar surface area (TPSA) is 95.7 Å². The summed E-state index contributed by atoms with van der Waals surface area (Å²) in [7, 11) is 2.20. The predicted molar refractivity (Wildman–Crippen MR) is 73.6 cm³/mol. The Bertz CT molecular complexity index is 514. The van der Waals surface area contributed by atoms with E-state index in [4.69, 9.17) is 11.6 Å². The minimum atomic E-state index is -1.41. The van der Waals surface area contributed by atoms with Crippen LogP contribution in [0.5, 0.6) is 0 Å². The number of hydrogen-bond acceptors (Lipinski definition) is 6. The first kappa shape index (κ1) is 16.9. The van der Waals surface area contributed by atoms with Crippen LogP contribution in [0, 0.1) is 16.0 Å². The number of ether oxygens (including phenoxy) is 2. The van der Waals surface area contributed by atoms with Crippen LogP contribution in [0.2, 0.25) is 5.02 Å². The van der Waals surface area contributed by atoms with Crippen molar-refractivity contribution in [1.29, 1.82) is 0 Å². The van der Waals surface area contributed by atoms with Crippen molar-refractivity contribution in [3.05, 3.63) is 45.0 Å². The Labute approximate surface area is 125 Å². The molecule has 0 saturated heterocycles. The van der Waals surface area contributed by atoms with Gasteiger partial charge in [0.1, 0.15) is 0 Å². The fourth-order valence-corrected chi connectivity index (χ4v) is 2.08. The fraction of sp³-hybridized carbons (Fsp3) is 0.385. The van der Waals surface area contributed by atoms with Gasteiger partial charge in [0.2, 0.25) is 6.54 Å². The summed E-state index contributed by atoms with van der Waals surface area (Å²) >= 11 is 5.76. The minimum Gasteiger partial charge on any atom is -0.468 e. The quantitative estimate of drug-likeness (QED) is 0.343. The van der Waals surface area contributed by atoms with E-state index in [0.29, 0.717) is 10.6 Å². The molecule has 0 unspecified atom stereocenters. The van der Waals surface area contributed by atoms with Crippen molar-refractivity contribution >= 4 is 23.5 Å². The molecule has 0 aliphatic rings. The smallest absolute Gasteiger partial charge is 0.320 e. The van der Waals surface area contributed by atoms with E-state index in [9.17, 15) is 19.7 Å². The lowest BCUT2D eigenvalue weighted by Gasteiger charge is -2.20. The maximum Gasteiger partial charge on any atom is 0.320 e. The van der Waals surface area contributed by atoms with E-state index in [1.165, 1.54) is 24.3 Å². The molecule has 0 radical (unpaired) electrons. The van der Waals surface area contributed by atoms with Gasteiger partial charge < -0.3 is 9.47 Å². The second-order valence-corrected chi connectivity index (χ2v) is 4.63. The highest BCUT2D eigenvalue weighted by molar-refractivity contribution is 6.30. The molecule has 0 aromatic heterocycles. The first-order valence-electron chi connectivity index (χ1n) is 5.93. The number of nitrogens with zero attached hydrogens (tertiary/aromatic N) is 1. The van der Waals surface area contributed by atoms with E-state index in [-0.39, 0.29) is 0 Å². The van der Waals surface area contributed by atoms with Gasteiger partial charge in [0.15, 0.2) is 5.92 Å². The molecule has 0 amide bonds.